The van der Waals surface area contributed by atoms with E-state index in [0.29, 0.717) is 12.2 Å². The number of para-hydroxylation sites is 2. The number of anilines is 2. The largest absolute Gasteiger partial charge is 0.497 e. The zero-order chi connectivity index (χ0) is 22.1. The molecule has 0 spiro atoms. The summed E-state index contributed by atoms with van der Waals surface area (Å²) in [4.78, 5) is 32.0. The maximum atomic E-state index is 13.1. The Morgan fingerprint density at radius 1 is 1.06 bits per heavy atom. The van der Waals surface area contributed by atoms with E-state index < -0.39 is 5.92 Å². The van der Waals surface area contributed by atoms with Gasteiger partial charge in [0.05, 0.1) is 28.9 Å². The van der Waals surface area contributed by atoms with Crippen LogP contribution in [0.25, 0.3) is 20.8 Å². The molecule has 1 unspecified atom stereocenters. The fourth-order valence-corrected chi connectivity index (χ4v) is 4.90. The second-order valence-electron chi connectivity index (χ2n) is 7.62. The third-order valence-corrected chi connectivity index (χ3v) is 6.66. The van der Waals surface area contributed by atoms with E-state index in [1.165, 1.54) is 0 Å². The lowest BCUT2D eigenvalue weighted by molar-refractivity contribution is -0.122. The van der Waals surface area contributed by atoms with Gasteiger partial charge >= 0.3 is 0 Å². The predicted octanol–water partition coefficient (Wildman–Crippen LogP) is 4.96. The molecule has 1 aromatic heterocycles. The predicted molar refractivity (Wildman–Crippen MR) is 127 cm³/mol. The molecule has 0 aliphatic carbocycles. The van der Waals surface area contributed by atoms with Crippen molar-refractivity contribution in [3.8, 4) is 16.3 Å². The Kier molecular flexibility index (Phi) is 5.33. The van der Waals surface area contributed by atoms with Gasteiger partial charge in [0.15, 0.2) is 0 Å². The van der Waals surface area contributed by atoms with Gasteiger partial charge in [0, 0.05) is 24.2 Å². The number of aromatic nitrogens is 1. The molecule has 1 fully saturated rings. The van der Waals surface area contributed by atoms with Crippen molar-refractivity contribution in [1.82, 2.24) is 4.98 Å². The number of rotatable bonds is 5. The van der Waals surface area contributed by atoms with Crippen LogP contribution >= 0.6 is 11.3 Å². The number of methoxy groups -OCH3 is 1. The minimum Gasteiger partial charge on any atom is -0.497 e. The number of hydrogen-bond acceptors (Lipinski definition) is 5. The van der Waals surface area contributed by atoms with Crippen LogP contribution in [0.2, 0.25) is 0 Å². The van der Waals surface area contributed by atoms with E-state index >= 15 is 0 Å². The van der Waals surface area contributed by atoms with Crippen LogP contribution in [0.3, 0.4) is 0 Å². The molecule has 32 heavy (non-hydrogen) atoms. The van der Waals surface area contributed by atoms with Gasteiger partial charge < -0.3 is 15.0 Å². The molecular weight excluding hydrogens is 422 g/mol. The van der Waals surface area contributed by atoms with E-state index in [4.69, 9.17) is 9.72 Å². The highest BCUT2D eigenvalue weighted by molar-refractivity contribution is 7.21. The SMILES string of the molecule is COc1ccc(N2CC(C(=O)Nc3ccccc3-c3nc4ccccc4s3)CC2=O)cc1. The quantitative estimate of drug-likeness (QED) is 0.473. The second kappa shape index (κ2) is 8.43. The van der Waals surface area contributed by atoms with Crippen molar-refractivity contribution in [1.29, 1.82) is 0 Å². The van der Waals surface area contributed by atoms with Gasteiger partial charge in [-0.25, -0.2) is 4.98 Å². The van der Waals surface area contributed by atoms with Crippen molar-refractivity contribution in [3.63, 3.8) is 0 Å². The topological polar surface area (TPSA) is 71.5 Å². The number of ether oxygens (including phenoxy) is 1. The minimum atomic E-state index is -0.423. The normalized spacial score (nSPS) is 15.8. The highest BCUT2D eigenvalue weighted by atomic mass is 32.1. The summed E-state index contributed by atoms with van der Waals surface area (Å²) in [6.45, 7) is 0.348. The highest BCUT2D eigenvalue weighted by Gasteiger charge is 2.35. The summed E-state index contributed by atoms with van der Waals surface area (Å²) in [6.07, 6.45) is 0.182. The van der Waals surface area contributed by atoms with Crippen molar-refractivity contribution >= 4 is 44.7 Å². The van der Waals surface area contributed by atoms with Gasteiger partial charge in [0.1, 0.15) is 10.8 Å². The van der Waals surface area contributed by atoms with Crippen molar-refractivity contribution in [3.05, 3.63) is 72.8 Å². The number of thiazole rings is 1. The molecule has 1 aliphatic heterocycles. The molecule has 2 heterocycles. The fourth-order valence-electron chi connectivity index (χ4n) is 3.90. The average Bonchev–Trinajstić information content (AvgIpc) is 3.43. The highest BCUT2D eigenvalue weighted by Crippen LogP contribution is 2.35. The number of hydrogen-bond donors (Lipinski definition) is 1. The van der Waals surface area contributed by atoms with E-state index in [1.807, 2.05) is 72.8 Å². The summed E-state index contributed by atoms with van der Waals surface area (Å²) in [5, 5.41) is 3.89. The van der Waals surface area contributed by atoms with Gasteiger partial charge in [0.25, 0.3) is 0 Å². The van der Waals surface area contributed by atoms with Gasteiger partial charge in [-0.3, -0.25) is 9.59 Å². The molecule has 6 nitrogen and oxygen atoms in total. The van der Waals surface area contributed by atoms with Crippen molar-refractivity contribution < 1.29 is 14.3 Å². The zero-order valence-electron chi connectivity index (χ0n) is 17.4. The number of fused-ring (bicyclic) bond motifs is 1. The van der Waals surface area contributed by atoms with Crippen LogP contribution in [0.4, 0.5) is 11.4 Å². The molecule has 4 aromatic rings. The van der Waals surface area contributed by atoms with Gasteiger partial charge in [-0.1, -0.05) is 24.3 Å². The molecule has 3 aromatic carbocycles. The molecule has 0 bridgehead atoms. The summed E-state index contributed by atoms with van der Waals surface area (Å²) >= 11 is 1.59. The fraction of sp³-hybridized carbons (Fsp3) is 0.160. The third kappa shape index (κ3) is 3.83. The number of nitrogens with one attached hydrogen (secondary N) is 1. The molecule has 1 saturated heterocycles. The Morgan fingerprint density at radius 3 is 2.59 bits per heavy atom. The lowest BCUT2D eigenvalue weighted by Crippen LogP contribution is -2.28. The number of amides is 2. The summed E-state index contributed by atoms with van der Waals surface area (Å²) < 4.78 is 6.28. The lowest BCUT2D eigenvalue weighted by atomic mass is 10.1. The summed E-state index contributed by atoms with van der Waals surface area (Å²) in [5.41, 5.74) is 3.27. The zero-order valence-corrected chi connectivity index (χ0v) is 18.3. The van der Waals surface area contributed by atoms with E-state index in [-0.39, 0.29) is 18.2 Å². The summed E-state index contributed by atoms with van der Waals surface area (Å²) in [5.74, 6) is 0.0758. The molecule has 5 rings (SSSR count). The molecule has 1 atom stereocenters. The van der Waals surface area contributed by atoms with Crippen molar-refractivity contribution in [2.45, 2.75) is 6.42 Å². The molecule has 7 heteroatoms. The average molecular weight is 444 g/mol. The lowest BCUT2D eigenvalue weighted by Gasteiger charge is -2.17. The molecule has 1 N–H and O–H groups in total. The molecule has 0 saturated carbocycles. The van der Waals surface area contributed by atoms with Gasteiger partial charge in [0.2, 0.25) is 11.8 Å². The Hall–Kier alpha value is -3.71. The first-order valence-electron chi connectivity index (χ1n) is 10.3. The van der Waals surface area contributed by atoms with E-state index in [9.17, 15) is 9.59 Å². The molecule has 160 valence electrons. The van der Waals surface area contributed by atoms with Gasteiger partial charge in [-0.2, -0.15) is 0 Å². The third-order valence-electron chi connectivity index (χ3n) is 5.59. The van der Waals surface area contributed by atoms with Crippen LogP contribution in [0.15, 0.2) is 72.8 Å². The number of carbonyl (C=O) groups is 2. The first-order chi connectivity index (χ1) is 15.6. The number of nitrogens with zero attached hydrogens (tertiary/aromatic N) is 2. The Balaban J connectivity index is 1.35. The summed E-state index contributed by atoms with van der Waals surface area (Å²) in [7, 11) is 1.60. The maximum absolute atomic E-state index is 13.1. The van der Waals surface area contributed by atoms with Crippen molar-refractivity contribution in [2.75, 3.05) is 23.9 Å². The Labute approximate surface area is 189 Å². The minimum absolute atomic E-state index is 0.0604. The molecule has 2 amide bonds. The van der Waals surface area contributed by atoms with E-state index in [1.54, 1.807) is 23.3 Å². The smallest absolute Gasteiger partial charge is 0.229 e. The van der Waals surface area contributed by atoms with Crippen molar-refractivity contribution in [2.24, 2.45) is 5.92 Å². The standard InChI is InChI=1S/C25H21N3O3S/c1-31-18-12-10-17(11-13-18)28-15-16(14-23(28)29)24(30)26-20-7-3-2-6-19(20)25-27-21-8-4-5-9-22(21)32-25/h2-13,16H,14-15H2,1H3,(H,26,30). The monoisotopic (exact) mass is 443 g/mol. The van der Waals surface area contributed by atoms with Crippen LogP contribution in [0.1, 0.15) is 6.42 Å². The van der Waals surface area contributed by atoms with E-state index in [2.05, 4.69) is 5.32 Å². The first-order valence-corrected chi connectivity index (χ1v) is 11.1. The van der Waals surface area contributed by atoms with Crippen LogP contribution in [0, 0.1) is 5.92 Å². The van der Waals surface area contributed by atoms with Crippen LogP contribution in [-0.2, 0) is 9.59 Å². The molecule has 1 aliphatic rings. The number of carbonyl (C=O) groups excluding carboxylic acids is 2. The number of benzene rings is 3. The first kappa shape index (κ1) is 20.2. The van der Waals surface area contributed by atoms with E-state index in [0.717, 1.165) is 32.2 Å². The maximum Gasteiger partial charge on any atom is 0.229 e. The van der Waals surface area contributed by atoms with Crippen LogP contribution in [-0.4, -0.2) is 30.5 Å². The second-order valence-corrected chi connectivity index (χ2v) is 8.66. The molecule has 0 radical (unpaired) electrons. The van der Waals surface area contributed by atoms with Gasteiger partial charge in [-0.15, -0.1) is 11.3 Å². The van der Waals surface area contributed by atoms with Crippen LogP contribution < -0.4 is 15.0 Å². The molecular formula is C25H21N3O3S. The van der Waals surface area contributed by atoms with Gasteiger partial charge in [-0.05, 0) is 48.5 Å². The van der Waals surface area contributed by atoms with Crippen LogP contribution in [0.5, 0.6) is 5.75 Å². The summed E-state index contributed by atoms with van der Waals surface area (Å²) in [6, 6.07) is 22.9. The Morgan fingerprint density at radius 2 is 1.81 bits per heavy atom. The Bertz CT molecular complexity index is 1270.